The van der Waals surface area contributed by atoms with E-state index in [1.54, 1.807) is 0 Å². The molecule has 102 valence electrons. The number of carboxylic acids is 1. The molecule has 1 saturated carbocycles. The van der Waals surface area contributed by atoms with Gasteiger partial charge in [0.05, 0.1) is 0 Å². The highest BCUT2D eigenvalue weighted by Gasteiger charge is 2.41. The molecule has 1 heterocycles. The van der Waals surface area contributed by atoms with Crippen molar-refractivity contribution in [3.8, 4) is 0 Å². The van der Waals surface area contributed by atoms with Gasteiger partial charge in [0.2, 0.25) is 5.91 Å². The van der Waals surface area contributed by atoms with E-state index >= 15 is 0 Å². The molecule has 0 aromatic rings. The van der Waals surface area contributed by atoms with Crippen LogP contribution in [-0.4, -0.2) is 46.2 Å². The zero-order chi connectivity index (χ0) is 13.1. The van der Waals surface area contributed by atoms with Crippen molar-refractivity contribution in [1.29, 1.82) is 0 Å². The third-order valence-electron chi connectivity index (χ3n) is 4.18. The largest absolute Gasteiger partial charge is 0.480 e. The molecule has 1 aliphatic carbocycles. The molecular weight excluding hydrogens is 234 g/mol. The fraction of sp³-hybridized carbons (Fsp3) is 0.846. The molecule has 5 nitrogen and oxygen atoms in total. The first-order valence-corrected chi connectivity index (χ1v) is 6.76. The van der Waals surface area contributed by atoms with E-state index in [0.29, 0.717) is 6.54 Å². The molecule has 1 saturated heterocycles. The molecule has 0 bridgehead atoms. The van der Waals surface area contributed by atoms with Crippen LogP contribution < -0.4 is 0 Å². The van der Waals surface area contributed by atoms with Gasteiger partial charge in [-0.25, -0.2) is 4.79 Å². The van der Waals surface area contributed by atoms with Gasteiger partial charge in [0.1, 0.15) is 6.04 Å². The molecule has 2 atom stereocenters. The van der Waals surface area contributed by atoms with Gasteiger partial charge in [0, 0.05) is 25.5 Å². The Labute approximate surface area is 107 Å². The predicted molar refractivity (Wildman–Crippen MR) is 64.9 cm³/mol. The Hall–Kier alpha value is -1.10. The number of nitrogens with zero attached hydrogens (tertiary/aromatic N) is 1. The van der Waals surface area contributed by atoms with Crippen LogP contribution in [0, 0.1) is 11.8 Å². The van der Waals surface area contributed by atoms with Crippen molar-refractivity contribution >= 4 is 11.9 Å². The first-order chi connectivity index (χ1) is 8.63. The maximum atomic E-state index is 11.9. The van der Waals surface area contributed by atoms with Crippen LogP contribution in [-0.2, 0) is 9.59 Å². The summed E-state index contributed by atoms with van der Waals surface area (Å²) in [5, 5.41) is 18.5. The van der Waals surface area contributed by atoms with E-state index in [4.69, 9.17) is 5.11 Å². The van der Waals surface area contributed by atoms with E-state index < -0.39 is 12.0 Å². The summed E-state index contributed by atoms with van der Waals surface area (Å²) in [6, 6.07) is -0.686. The van der Waals surface area contributed by atoms with Crippen molar-refractivity contribution in [3.05, 3.63) is 0 Å². The van der Waals surface area contributed by atoms with Gasteiger partial charge >= 0.3 is 5.97 Å². The van der Waals surface area contributed by atoms with Gasteiger partial charge < -0.3 is 15.1 Å². The van der Waals surface area contributed by atoms with Crippen molar-refractivity contribution < 1.29 is 19.8 Å². The predicted octanol–water partition coefficient (Wildman–Crippen LogP) is 0.861. The SMILES string of the molecule is O=C(O)[C@H](C1CCCCC1)N1CC(CO)CC1=O. The average molecular weight is 255 g/mol. The molecule has 2 fully saturated rings. The standard InChI is InChI=1S/C13H21NO4/c15-8-9-6-11(16)14(7-9)12(13(17)18)10-4-2-1-3-5-10/h9-10,12,15H,1-8H2,(H,17,18)/t9?,12-/m0/s1. The first kappa shape index (κ1) is 13.3. The molecule has 5 heteroatoms. The van der Waals surface area contributed by atoms with Gasteiger partial charge in [0.15, 0.2) is 0 Å². The Morgan fingerprint density at radius 2 is 2.00 bits per heavy atom. The lowest BCUT2D eigenvalue weighted by molar-refractivity contribution is -0.151. The van der Waals surface area contributed by atoms with Crippen molar-refractivity contribution in [2.24, 2.45) is 11.8 Å². The Morgan fingerprint density at radius 3 is 2.50 bits per heavy atom. The number of hydrogen-bond donors (Lipinski definition) is 2. The van der Waals surface area contributed by atoms with Gasteiger partial charge in [-0.15, -0.1) is 0 Å². The van der Waals surface area contributed by atoms with Crippen LogP contribution in [0.3, 0.4) is 0 Å². The third kappa shape index (κ3) is 2.66. The van der Waals surface area contributed by atoms with Crippen LogP contribution in [0.1, 0.15) is 38.5 Å². The van der Waals surface area contributed by atoms with Crippen LogP contribution in [0.5, 0.6) is 0 Å². The smallest absolute Gasteiger partial charge is 0.326 e. The van der Waals surface area contributed by atoms with E-state index in [1.165, 1.54) is 4.90 Å². The summed E-state index contributed by atoms with van der Waals surface area (Å²) in [7, 11) is 0. The fourth-order valence-electron chi connectivity index (χ4n) is 3.24. The zero-order valence-corrected chi connectivity index (χ0v) is 10.5. The van der Waals surface area contributed by atoms with Gasteiger partial charge in [-0.2, -0.15) is 0 Å². The summed E-state index contributed by atoms with van der Waals surface area (Å²) in [5.74, 6) is -1.03. The molecule has 2 N–H and O–H groups in total. The summed E-state index contributed by atoms with van der Waals surface area (Å²) < 4.78 is 0. The summed E-state index contributed by atoms with van der Waals surface area (Å²) in [6.07, 6.45) is 5.35. The van der Waals surface area contributed by atoms with E-state index in [0.717, 1.165) is 32.1 Å². The second-order valence-corrected chi connectivity index (χ2v) is 5.48. The topological polar surface area (TPSA) is 77.8 Å². The molecule has 0 aromatic carbocycles. The van der Waals surface area contributed by atoms with Gasteiger partial charge in [0.25, 0.3) is 0 Å². The summed E-state index contributed by atoms with van der Waals surface area (Å²) in [5.41, 5.74) is 0. The Morgan fingerprint density at radius 1 is 1.33 bits per heavy atom. The molecule has 0 spiro atoms. The monoisotopic (exact) mass is 255 g/mol. The van der Waals surface area contributed by atoms with Crippen molar-refractivity contribution in [2.75, 3.05) is 13.2 Å². The Balaban J connectivity index is 2.09. The summed E-state index contributed by atoms with van der Waals surface area (Å²) in [4.78, 5) is 24.8. The van der Waals surface area contributed by atoms with Crippen LogP contribution in [0.2, 0.25) is 0 Å². The van der Waals surface area contributed by atoms with Gasteiger partial charge in [-0.3, -0.25) is 4.79 Å². The van der Waals surface area contributed by atoms with Crippen LogP contribution in [0.15, 0.2) is 0 Å². The molecule has 2 aliphatic rings. The molecule has 1 aliphatic heterocycles. The minimum atomic E-state index is -0.895. The maximum absolute atomic E-state index is 11.9. The molecule has 1 amide bonds. The quantitative estimate of drug-likeness (QED) is 0.781. The number of amides is 1. The number of likely N-dealkylation sites (tertiary alicyclic amines) is 1. The number of aliphatic carboxylic acids is 1. The normalized spacial score (nSPS) is 27.5. The lowest BCUT2D eigenvalue weighted by Gasteiger charge is -2.33. The second kappa shape index (κ2) is 5.69. The Bertz CT molecular complexity index is 325. The number of aliphatic hydroxyl groups excluding tert-OH is 1. The van der Waals surface area contributed by atoms with Crippen molar-refractivity contribution in [1.82, 2.24) is 4.90 Å². The van der Waals surface area contributed by atoms with E-state index in [2.05, 4.69) is 0 Å². The highest BCUT2D eigenvalue weighted by molar-refractivity contribution is 5.85. The fourth-order valence-corrected chi connectivity index (χ4v) is 3.24. The Kier molecular flexibility index (Phi) is 4.22. The number of rotatable bonds is 4. The minimum Gasteiger partial charge on any atom is -0.480 e. The summed E-state index contributed by atoms with van der Waals surface area (Å²) in [6.45, 7) is 0.349. The molecular formula is C13H21NO4. The molecule has 1 unspecified atom stereocenters. The van der Waals surface area contributed by atoms with Crippen LogP contribution >= 0.6 is 0 Å². The van der Waals surface area contributed by atoms with E-state index in [-0.39, 0.29) is 30.8 Å². The number of aliphatic hydroxyl groups is 1. The van der Waals surface area contributed by atoms with Gasteiger partial charge in [-0.1, -0.05) is 19.3 Å². The van der Waals surface area contributed by atoms with E-state index in [9.17, 15) is 14.7 Å². The molecule has 2 rings (SSSR count). The number of hydrogen-bond acceptors (Lipinski definition) is 3. The molecule has 18 heavy (non-hydrogen) atoms. The van der Waals surface area contributed by atoms with E-state index in [1.807, 2.05) is 0 Å². The zero-order valence-electron chi connectivity index (χ0n) is 10.5. The summed E-state index contributed by atoms with van der Waals surface area (Å²) >= 11 is 0. The lowest BCUT2D eigenvalue weighted by atomic mass is 9.83. The molecule has 0 aromatic heterocycles. The maximum Gasteiger partial charge on any atom is 0.326 e. The minimum absolute atomic E-state index is 0.0424. The van der Waals surface area contributed by atoms with Crippen LogP contribution in [0.4, 0.5) is 0 Å². The number of carboxylic acid groups (broad SMARTS) is 1. The highest BCUT2D eigenvalue weighted by atomic mass is 16.4. The van der Waals surface area contributed by atoms with Crippen molar-refractivity contribution in [2.45, 2.75) is 44.6 Å². The highest BCUT2D eigenvalue weighted by Crippen LogP contribution is 2.32. The van der Waals surface area contributed by atoms with Gasteiger partial charge in [-0.05, 0) is 18.8 Å². The lowest BCUT2D eigenvalue weighted by Crippen LogP contribution is -2.47. The first-order valence-electron chi connectivity index (χ1n) is 6.76. The third-order valence-corrected chi connectivity index (χ3v) is 4.18. The molecule has 0 radical (unpaired) electrons. The average Bonchev–Trinajstić information content (AvgIpc) is 2.72. The number of carbonyl (C=O) groups excluding carboxylic acids is 1. The van der Waals surface area contributed by atoms with Crippen LogP contribution in [0.25, 0.3) is 0 Å². The number of carbonyl (C=O) groups is 2. The second-order valence-electron chi connectivity index (χ2n) is 5.48. The van der Waals surface area contributed by atoms with Crippen molar-refractivity contribution in [3.63, 3.8) is 0 Å².